The van der Waals surface area contributed by atoms with E-state index in [2.05, 4.69) is 14.7 Å². The van der Waals surface area contributed by atoms with Gasteiger partial charge in [0, 0.05) is 18.3 Å². The Balaban J connectivity index is 1.60. The molecule has 1 N–H and O–H groups in total. The first-order valence-electron chi connectivity index (χ1n) is 9.04. The molecule has 0 saturated carbocycles. The largest absolute Gasteiger partial charge is 0.325 e. The van der Waals surface area contributed by atoms with E-state index in [1.807, 2.05) is 31.2 Å². The highest BCUT2D eigenvalue weighted by Crippen LogP contribution is 2.29. The van der Waals surface area contributed by atoms with Crippen LogP contribution >= 0.6 is 23.3 Å². The van der Waals surface area contributed by atoms with Crippen LogP contribution in [0.25, 0.3) is 21.5 Å². The normalized spacial score (nSPS) is 11.0. The lowest BCUT2D eigenvalue weighted by molar-refractivity contribution is -0.113. The van der Waals surface area contributed by atoms with Gasteiger partial charge < -0.3 is 5.32 Å². The first kappa shape index (κ1) is 20.2. The third-order valence-electron chi connectivity index (χ3n) is 4.43. The van der Waals surface area contributed by atoms with Crippen LogP contribution in [0.1, 0.15) is 5.56 Å². The van der Waals surface area contributed by atoms with Gasteiger partial charge in [-0.05, 0) is 36.7 Å². The molecule has 2 aromatic heterocycles. The van der Waals surface area contributed by atoms with E-state index >= 15 is 0 Å². The van der Waals surface area contributed by atoms with Gasteiger partial charge in [-0.15, -0.1) is 0 Å². The van der Waals surface area contributed by atoms with E-state index in [-0.39, 0.29) is 17.2 Å². The molecule has 0 aliphatic heterocycles. The lowest BCUT2D eigenvalue weighted by Crippen LogP contribution is -2.20. The van der Waals surface area contributed by atoms with E-state index in [1.165, 1.54) is 22.8 Å². The van der Waals surface area contributed by atoms with Crippen LogP contribution in [0.5, 0.6) is 0 Å². The summed E-state index contributed by atoms with van der Waals surface area (Å²) >= 11 is 2.26. The van der Waals surface area contributed by atoms with Crippen LogP contribution in [-0.2, 0) is 11.8 Å². The van der Waals surface area contributed by atoms with Crippen LogP contribution in [0.2, 0.25) is 0 Å². The van der Waals surface area contributed by atoms with Gasteiger partial charge in [0.15, 0.2) is 5.16 Å². The Labute approximate surface area is 179 Å². The van der Waals surface area contributed by atoms with Crippen LogP contribution in [0.15, 0.2) is 58.5 Å². The second kappa shape index (κ2) is 8.37. The minimum Gasteiger partial charge on any atom is -0.325 e. The maximum absolute atomic E-state index is 13.3. The number of amides is 1. The van der Waals surface area contributed by atoms with Crippen molar-refractivity contribution in [2.24, 2.45) is 7.05 Å². The molecule has 2 aromatic carbocycles. The van der Waals surface area contributed by atoms with Gasteiger partial charge >= 0.3 is 0 Å². The van der Waals surface area contributed by atoms with Crippen molar-refractivity contribution in [3.05, 3.63) is 70.3 Å². The molecule has 4 aromatic rings. The van der Waals surface area contributed by atoms with Crippen molar-refractivity contribution < 1.29 is 9.18 Å². The number of nitrogens with zero attached hydrogens (tertiary/aromatic N) is 3. The predicted molar refractivity (Wildman–Crippen MR) is 119 cm³/mol. The van der Waals surface area contributed by atoms with Gasteiger partial charge in [-0.3, -0.25) is 14.2 Å². The summed E-state index contributed by atoms with van der Waals surface area (Å²) in [6.45, 7) is 2.00. The molecule has 0 bridgehead atoms. The number of nitrogens with one attached hydrogen (secondary N) is 1. The Morgan fingerprint density at radius 3 is 2.73 bits per heavy atom. The molecule has 30 heavy (non-hydrogen) atoms. The molecule has 0 fully saturated rings. The van der Waals surface area contributed by atoms with Crippen molar-refractivity contribution in [1.82, 2.24) is 13.9 Å². The van der Waals surface area contributed by atoms with Gasteiger partial charge in [0.05, 0.1) is 5.75 Å². The number of hydrogen-bond acceptors (Lipinski definition) is 6. The van der Waals surface area contributed by atoms with E-state index < -0.39 is 5.82 Å². The highest BCUT2D eigenvalue weighted by Gasteiger charge is 2.17. The smallest absolute Gasteiger partial charge is 0.273 e. The predicted octanol–water partition coefficient (Wildman–Crippen LogP) is 4.24. The van der Waals surface area contributed by atoms with Crippen molar-refractivity contribution in [1.29, 1.82) is 0 Å². The Morgan fingerprint density at radius 2 is 2.00 bits per heavy atom. The van der Waals surface area contributed by atoms with E-state index in [1.54, 1.807) is 13.1 Å². The van der Waals surface area contributed by atoms with Gasteiger partial charge in [-0.1, -0.05) is 47.7 Å². The summed E-state index contributed by atoms with van der Waals surface area (Å²) in [5.41, 5.74) is 3.36. The number of fused-ring (bicyclic) bond motifs is 1. The minimum absolute atomic E-state index is 0.0275. The van der Waals surface area contributed by atoms with Gasteiger partial charge in [0.25, 0.3) is 5.56 Å². The van der Waals surface area contributed by atoms with E-state index in [9.17, 15) is 14.0 Å². The molecular formula is C21H17FN4O2S2. The zero-order valence-electron chi connectivity index (χ0n) is 16.2. The second-order valence-corrected chi connectivity index (χ2v) is 8.40. The number of aromatic nitrogens is 3. The summed E-state index contributed by atoms with van der Waals surface area (Å²) < 4.78 is 19.6. The summed E-state index contributed by atoms with van der Waals surface area (Å²) in [4.78, 5) is 29.6. The Bertz CT molecular complexity index is 1300. The zero-order valence-corrected chi connectivity index (χ0v) is 17.8. The maximum Gasteiger partial charge on any atom is 0.273 e. The molecule has 4 rings (SSSR count). The van der Waals surface area contributed by atoms with Crippen LogP contribution in [0.4, 0.5) is 10.1 Å². The highest BCUT2D eigenvalue weighted by atomic mass is 32.2. The Morgan fingerprint density at radius 1 is 1.23 bits per heavy atom. The Hall–Kier alpha value is -3.04. The molecule has 0 atom stereocenters. The minimum atomic E-state index is -0.427. The molecule has 6 nitrogen and oxygen atoms in total. The fraction of sp³-hybridized carbons (Fsp3) is 0.143. The van der Waals surface area contributed by atoms with Crippen LogP contribution in [-0.4, -0.2) is 25.6 Å². The number of halogens is 1. The van der Waals surface area contributed by atoms with Crippen molar-refractivity contribution in [3.8, 4) is 11.3 Å². The van der Waals surface area contributed by atoms with Crippen molar-refractivity contribution in [2.75, 3.05) is 11.1 Å². The average molecular weight is 441 g/mol. The number of anilines is 1. The molecule has 0 radical (unpaired) electrons. The fourth-order valence-electron chi connectivity index (χ4n) is 2.86. The Kier molecular flexibility index (Phi) is 5.65. The SMILES string of the molecule is Cc1ccc(-c2nsc3c(=O)n(C)c(SCC(=O)Nc4cccc(F)c4)nc23)cc1. The quantitative estimate of drug-likeness (QED) is 0.371. The number of rotatable bonds is 5. The number of benzene rings is 2. The first-order chi connectivity index (χ1) is 14.4. The lowest BCUT2D eigenvalue weighted by atomic mass is 10.1. The van der Waals surface area contributed by atoms with Gasteiger partial charge in [-0.25, -0.2) is 9.37 Å². The summed E-state index contributed by atoms with van der Waals surface area (Å²) in [6, 6.07) is 13.5. The van der Waals surface area contributed by atoms with Gasteiger partial charge in [0.1, 0.15) is 21.7 Å². The maximum atomic E-state index is 13.3. The molecule has 0 aliphatic rings. The molecule has 0 unspecified atom stereocenters. The summed E-state index contributed by atoms with van der Waals surface area (Å²) in [7, 11) is 1.62. The number of carbonyl (C=O) groups excluding carboxylic acids is 1. The van der Waals surface area contributed by atoms with Crippen molar-refractivity contribution in [2.45, 2.75) is 12.1 Å². The standard InChI is InChI=1S/C21H17FN4O2S2/c1-12-6-8-13(9-7-12)17-18-19(30-25-17)20(28)26(2)21(24-18)29-11-16(27)23-15-5-3-4-14(22)10-15/h3-10H,11H2,1-2H3,(H,23,27). The molecule has 152 valence electrons. The average Bonchev–Trinajstić information content (AvgIpc) is 3.14. The third-order valence-corrected chi connectivity index (χ3v) is 6.28. The first-order valence-corrected chi connectivity index (χ1v) is 10.8. The molecule has 0 aliphatic carbocycles. The third kappa shape index (κ3) is 4.12. The fourth-order valence-corrected chi connectivity index (χ4v) is 4.45. The molecule has 2 heterocycles. The summed E-state index contributed by atoms with van der Waals surface area (Å²) in [5.74, 6) is -0.717. The van der Waals surface area contributed by atoms with Crippen molar-refractivity contribution in [3.63, 3.8) is 0 Å². The van der Waals surface area contributed by atoms with Crippen LogP contribution in [0, 0.1) is 12.7 Å². The summed E-state index contributed by atoms with van der Waals surface area (Å²) in [6.07, 6.45) is 0. The topological polar surface area (TPSA) is 76.9 Å². The highest BCUT2D eigenvalue weighted by molar-refractivity contribution is 7.99. The van der Waals surface area contributed by atoms with Gasteiger partial charge in [0.2, 0.25) is 5.91 Å². The molecule has 9 heteroatoms. The van der Waals surface area contributed by atoms with E-state index in [4.69, 9.17) is 0 Å². The second-order valence-electron chi connectivity index (χ2n) is 6.68. The van der Waals surface area contributed by atoms with E-state index in [0.29, 0.717) is 26.8 Å². The molecule has 0 spiro atoms. The summed E-state index contributed by atoms with van der Waals surface area (Å²) in [5, 5.41) is 3.05. The molecule has 0 saturated heterocycles. The van der Waals surface area contributed by atoms with Crippen LogP contribution < -0.4 is 10.9 Å². The number of carbonyl (C=O) groups is 1. The number of hydrogen-bond donors (Lipinski definition) is 1. The monoisotopic (exact) mass is 440 g/mol. The molecule has 1 amide bonds. The van der Waals surface area contributed by atoms with Crippen molar-refractivity contribution >= 4 is 45.1 Å². The van der Waals surface area contributed by atoms with Gasteiger partial charge in [-0.2, -0.15) is 4.37 Å². The van der Waals surface area contributed by atoms with Crippen LogP contribution in [0.3, 0.4) is 0 Å². The molecular weight excluding hydrogens is 423 g/mol. The zero-order chi connectivity index (χ0) is 21.3. The lowest BCUT2D eigenvalue weighted by Gasteiger charge is -2.08. The van der Waals surface area contributed by atoms with E-state index in [0.717, 1.165) is 34.4 Å². The number of aryl methyl sites for hydroxylation is 1. The number of thioether (sulfide) groups is 1.